The molecule has 28 heavy (non-hydrogen) atoms. The second kappa shape index (κ2) is 8.57. The molecule has 4 rings (SSSR count). The Hall–Kier alpha value is -1.99. The number of urea groups is 1. The molecular formula is C20H26ClN3O4. The fraction of sp³-hybridized carbons (Fsp3) is 0.600. The summed E-state index contributed by atoms with van der Waals surface area (Å²) in [7, 11) is 0. The molecule has 0 aliphatic carbocycles. The van der Waals surface area contributed by atoms with Crippen molar-refractivity contribution in [3.05, 3.63) is 29.3 Å². The summed E-state index contributed by atoms with van der Waals surface area (Å²) < 4.78 is 11.4. The molecule has 3 amide bonds. The number of carbonyl (C=O) groups excluding carboxylic acids is 2. The van der Waals surface area contributed by atoms with Gasteiger partial charge in [-0.05, 0) is 49.4 Å². The van der Waals surface area contributed by atoms with Crippen LogP contribution in [0.1, 0.15) is 19.3 Å². The summed E-state index contributed by atoms with van der Waals surface area (Å²) in [5, 5.41) is 3.64. The molecule has 0 saturated carbocycles. The smallest absolute Gasteiger partial charge is 0.320 e. The molecule has 0 radical (unpaired) electrons. The first-order valence-electron chi connectivity index (χ1n) is 9.91. The van der Waals surface area contributed by atoms with E-state index in [0.29, 0.717) is 30.6 Å². The third-order valence-corrected chi connectivity index (χ3v) is 6.03. The van der Waals surface area contributed by atoms with E-state index in [-0.39, 0.29) is 30.7 Å². The minimum atomic E-state index is -0.1000. The summed E-state index contributed by atoms with van der Waals surface area (Å²) in [6, 6.07) is 7.36. The standard InChI is InChI=1S/C20H26ClN3O4/c21-15-1-3-16(4-2-15)27-12-14-5-8-23(9-6-14)20(26)24-10-7-18-17(11-24)22-19(25)13-28-18/h1-4,14,17-18H,5-13H2,(H,22,25). The van der Waals surface area contributed by atoms with Crippen LogP contribution in [0.2, 0.25) is 5.02 Å². The van der Waals surface area contributed by atoms with Crippen LogP contribution in [0.3, 0.4) is 0 Å². The van der Waals surface area contributed by atoms with E-state index in [0.717, 1.165) is 38.1 Å². The largest absolute Gasteiger partial charge is 0.493 e. The van der Waals surface area contributed by atoms with Crippen LogP contribution < -0.4 is 10.1 Å². The predicted molar refractivity (Wildman–Crippen MR) is 105 cm³/mol. The molecule has 8 heteroatoms. The average Bonchev–Trinajstić information content (AvgIpc) is 2.72. The van der Waals surface area contributed by atoms with Crippen LogP contribution in [-0.4, -0.2) is 73.3 Å². The van der Waals surface area contributed by atoms with E-state index >= 15 is 0 Å². The van der Waals surface area contributed by atoms with Crippen LogP contribution in [0, 0.1) is 5.92 Å². The first kappa shape index (κ1) is 19.3. The number of nitrogens with zero attached hydrogens (tertiary/aromatic N) is 2. The van der Waals surface area contributed by atoms with Crippen LogP contribution in [-0.2, 0) is 9.53 Å². The number of amides is 3. The number of piperidine rings is 2. The number of nitrogens with one attached hydrogen (secondary N) is 1. The third kappa shape index (κ3) is 4.52. The Kier molecular flexibility index (Phi) is 5.92. The first-order valence-corrected chi connectivity index (χ1v) is 10.3. The zero-order valence-electron chi connectivity index (χ0n) is 15.8. The van der Waals surface area contributed by atoms with Gasteiger partial charge in [0.2, 0.25) is 5.91 Å². The Morgan fingerprint density at radius 1 is 1.14 bits per heavy atom. The van der Waals surface area contributed by atoms with Crippen molar-refractivity contribution in [2.24, 2.45) is 5.92 Å². The minimum Gasteiger partial charge on any atom is -0.493 e. The van der Waals surface area contributed by atoms with Gasteiger partial charge in [-0.3, -0.25) is 4.79 Å². The van der Waals surface area contributed by atoms with Crippen LogP contribution >= 0.6 is 11.6 Å². The second-order valence-corrected chi connectivity index (χ2v) is 8.17. The second-order valence-electron chi connectivity index (χ2n) is 7.74. The third-order valence-electron chi connectivity index (χ3n) is 5.78. The lowest BCUT2D eigenvalue weighted by Gasteiger charge is -2.43. The molecule has 1 N–H and O–H groups in total. The molecule has 0 aromatic heterocycles. The fourth-order valence-corrected chi connectivity index (χ4v) is 4.24. The van der Waals surface area contributed by atoms with Gasteiger partial charge in [0.1, 0.15) is 12.4 Å². The number of likely N-dealkylation sites (tertiary alicyclic amines) is 2. The maximum absolute atomic E-state index is 12.9. The molecule has 7 nitrogen and oxygen atoms in total. The van der Waals surface area contributed by atoms with Gasteiger partial charge in [-0.15, -0.1) is 0 Å². The Bertz CT molecular complexity index is 706. The summed E-state index contributed by atoms with van der Waals surface area (Å²) in [5.41, 5.74) is 0. The van der Waals surface area contributed by atoms with Gasteiger partial charge in [-0.2, -0.15) is 0 Å². The Balaban J connectivity index is 1.22. The summed E-state index contributed by atoms with van der Waals surface area (Å²) in [6.07, 6.45) is 2.65. The highest BCUT2D eigenvalue weighted by molar-refractivity contribution is 6.30. The summed E-state index contributed by atoms with van der Waals surface area (Å²) in [4.78, 5) is 28.2. The summed E-state index contributed by atoms with van der Waals surface area (Å²) >= 11 is 5.89. The van der Waals surface area contributed by atoms with Crippen LogP contribution in [0.4, 0.5) is 4.79 Å². The Morgan fingerprint density at radius 3 is 2.61 bits per heavy atom. The van der Waals surface area contributed by atoms with E-state index in [1.165, 1.54) is 0 Å². The van der Waals surface area contributed by atoms with Crippen LogP contribution in [0.15, 0.2) is 24.3 Å². The molecule has 1 aromatic rings. The zero-order valence-corrected chi connectivity index (χ0v) is 16.6. The van der Waals surface area contributed by atoms with Gasteiger partial charge in [0.05, 0.1) is 18.8 Å². The molecule has 0 spiro atoms. The van der Waals surface area contributed by atoms with Gasteiger partial charge in [0.25, 0.3) is 0 Å². The molecule has 152 valence electrons. The van der Waals surface area contributed by atoms with Crippen molar-refractivity contribution in [2.75, 3.05) is 39.4 Å². The number of morpholine rings is 1. The molecule has 1 aromatic carbocycles. The maximum Gasteiger partial charge on any atom is 0.320 e. The minimum absolute atomic E-state index is 0.0255. The number of rotatable bonds is 3. The average molecular weight is 408 g/mol. The lowest BCUT2D eigenvalue weighted by molar-refractivity contribution is -0.139. The zero-order chi connectivity index (χ0) is 19.5. The van der Waals surface area contributed by atoms with Gasteiger partial charge in [0, 0.05) is 31.2 Å². The summed E-state index contributed by atoms with van der Waals surface area (Å²) in [6.45, 7) is 3.45. The Labute approximate surface area is 169 Å². The van der Waals surface area contributed by atoms with E-state index in [1.807, 2.05) is 34.1 Å². The normalized spacial score (nSPS) is 25.8. The molecule has 3 aliphatic rings. The van der Waals surface area contributed by atoms with Crippen molar-refractivity contribution in [2.45, 2.75) is 31.4 Å². The molecule has 3 fully saturated rings. The molecule has 3 aliphatic heterocycles. The van der Waals surface area contributed by atoms with Gasteiger partial charge >= 0.3 is 6.03 Å². The quantitative estimate of drug-likeness (QED) is 0.833. The lowest BCUT2D eigenvalue weighted by Crippen LogP contribution is -2.62. The molecule has 3 heterocycles. The lowest BCUT2D eigenvalue weighted by atomic mass is 9.97. The number of benzene rings is 1. The number of ether oxygens (including phenoxy) is 2. The van der Waals surface area contributed by atoms with E-state index in [9.17, 15) is 9.59 Å². The summed E-state index contributed by atoms with van der Waals surface area (Å²) in [5.74, 6) is 1.16. The fourth-order valence-electron chi connectivity index (χ4n) is 4.11. The van der Waals surface area contributed by atoms with E-state index in [2.05, 4.69) is 5.32 Å². The molecule has 2 atom stereocenters. The number of fused-ring (bicyclic) bond motifs is 1. The van der Waals surface area contributed by atoms with Crippen molar-refractivity contribution in [1.82, 2.24) is 15.1 Å². The number of carbonyl (C=O) groups is 2. The maximum atomic E-state index is 12.9. The van der Waals surface area contributed by atoms with Gasteiger partial charge in [-0.1, -0.05) is 11.6 Å². The van der Waals surface area contributed by atoms with Crippen molar-refractivity contribution in [3.8, 4) is 5.75 Å². The van der Waals surface area contributed by atoms with E-state index in [1.54, 1.807) is 0 Å². The topological polar surface area (TPSA) is 71.1 Å². The van der Waals surface area contributed by atoms with Gasteiger partial charge in [-0.25, -0.2) is 4.79 Å². The van der Waals surface area contributed by atoms with E-state index in [4.69, 9.17) is 21.1 Å². The van der Waals surface area contributed by atoms with Crippen molar-refractivity contribution >= 4 is 23.5 Å². The highest BCUT2D eigenvalue weighted by atomic mass is 35.5. The molecular weight excluding hydrogens is 382 g/mol. The molecule has 3 saturated heterocycles. The van der Waals surface area contributed by atoms with Crippen LogP contribution in [0.5, 0.6) is 5.75 Å². The SMILES string of the molecule is O=C1COC2CCN(C(=O)N3CCC(COc4ccc(Cl)cc4)CC3)CC2N1. The van der Waals surface area contributed by atoms with E-state index < -0.39 is 0 Å². The molecule has 0 bridgehead atoms. The highest BCUT2D eigenvalue weighted by Gasteiger charge is 2.37. The number of hydrogen-bond donors (Lipinski definition) is 1. The molecule has 2 unspecified atom stereocenters. The number of halogens is 1. The van der Waals surface area contributed by atoms with Gasteiger partial charge in [0.15, 0.2) is 0 Å². The number of hydrogen-bond acceptors (Lipinski definition) is 4. The predicted octanol–water partition coefficient (Wildman–Crippen LogP) is 2.14. The van der Waals surface area contributed by atoms with Crippen molar-refractivity contribution in [1.29, 1.82) is 0 Å². The van der Waals surface area contributed by atoms with Crippen molar-refractivity contribution < 1.29 is 19.1 Å². The Morgan fingerprint density at radius 2 is 1.86 bits per heavy atom. The van der Waals surface area contributed by atoms with Crippen molar-refractivity contribution in [3.63, 3.8) is 0 Å². The first-order chi connectivity index (χ1) is 13.6. The van der Waals surface area contributed by atoms with Gasteiger partial charge < -0.3 is 24.6 Å². The monoisotopic (exact) mass is 407 g/mol. The highest BCUT2D eigenvalue weighted by Crippen LogP contribution is 2.23. The van der Waals surface area contributed by atoms with Crippen LogP contribution in [0.25, 0.3) is 0 Å².